The van der Waals surface area contributed by atoms with Gasteiger partial charge in [-0.1, -0.05) is 0 Å². The average Bonchev–Trinajstić information content (AvgIpc) is 2.61. The van der Waals surface area contributed by atoms with E-state index < -0.39 is 0 Å². The predicted molar refractivity (Wildman–Crippen MR) is 57.3 cm³/mol. The van der Waals surface area contributed by atoms with Crippen molar-refractivity contribution >= 4 is 19.2 Å². The molecule has 1 saturated heterocycles. The fourth-order valence-corrected chi connectivity index (χ4v) is 1.85. The summed E-state index contributed by atoms with van der Waals surface area (Å²) in [6.45, 7) is 3.95. The van der Waals surface area contributed by atoms with E-state index in [1.165, 1.54) is 6.11 Å². The second-order valence-electron chi connectivity index (χ2n) is 3.73. The average molecular weight is 209 g/mol. The van der Waals surface area contributed by atoms with E-state index in [1.54, 1.807) is 0 Å². The SMILES string of the molecule is CCC1CC(C(CC)N=CB=O)OC1=O. The predicted octanol–water partition coefficient (Wildman–Crippen LogP) is 1.18. The van der Waals surface area contributed by atoms with Crippen LogP contribution in [0.2, 0.25) is 0 Å². The Balaban J connectivity index is 2.60. The molecule has 4 nitrogen and oxygen atoms in total. The van der Waals surface area contributed by atoms with Crippen LogP contribution in [-0.2, 0) is 14.2 Å². The summed E-state index contributed by atoms with van der Waals surface area (Å²) < 4.78 is 15.4. The van der Waals surface area contributed by atoms with Crippen molar-refractivity contribution in [3.05, 3.63) is 0 Å². The fourth-order valence-electron chi connectivity index (χ4n) is 1.85. The Bertz CT molecular complexity index is 267. The number of hydrogen-bond acceptors (Lipinski definition) is 4. The first kappa shape index (κ1) is 12.1. The zero-order valence-corrected chi connectivity index (χ0v) is 9.18. The maximum atomic E-state index is 11.4. The third kappa shape index (κ3) is 2.98. The standard InChI is InChI=1S/C10H16BNO3/c1-3-7-5-9(15-10(7)13)8(4-2)12-6-11-14/h6-9H,3-5H2,1-2H3. The molecule has 0 aliphatic carbocycles. The van der Waals surface area contributed by atoms with Gasteiger partial charge in [0.25, 0.3) is 0 Å². The van der Waals surface area contributed by atoms with E-state index in [2.05, 4.69) is 4.99 Å². The molecule has 1 fully saturated rings. The number of nitrogens with zero attached hydrogens (tertiary/aromatic N) is 1. The molecule has 0 amide bonds. The van der Waals surface area contributed by atoms with E-state index >= 15 is 0 Å². The van der Waals surface area contributed by atoms with Crippen molar-refractivity contribution in [1.29, 1.82) is 0 Å². The van der Waals surface area contributed by atoms with Crippen molar-refractivity contribution in [1.82, 2.24) is 0 Å². The van der Waals surface area contributed by atoms with Crippen LogP contribution in [0, 0.1) is 5.92 Å². The van der Waals surface area contributed by atoms with Gasteiger partial charge in [0.2, 0.25) is 0 Å². The van der Waals surface area contributed by atoms with Crippen molar-refractivity contribution in [2.45, 2.75) is 45.3 Å². The van der Waals surface area contributed by atoms with Crippen LogP contribution in [0.3, 0.4) is 0 Å². The molecule has 0 aromatic rings. The quantitative estimate of drug-likeness (QED) is 0.388. The Kier molecular flexibility index (Phi) is 4.65. The second-order valence-corrected chi connectivity index (χ2v) is 3.73. The van der Waals surface area contributed by atoms with E-state index in [4.69, 9.17) is 4.74 Å². The number of aliphatic imine (C=N–C) groups is 1. The number of esters is 1. The zero-order chi connectivity index (χ0) is 11.3. The van der Waals surface area contributed by atoms with E-state index in [0.29, 0.717) is 7.15 Å². The van der Waals surface area contributed by atoms with Gasteiger partial charge < -0.3 is 0 Å². The van der Waals surface area contributed by atoms with Gasteiger partial charge >= 0.3 is 89.6 Å². The van der Waals surface area contributed by atoms with Gasteiger partial charge in [-0.25, -0.2) is 0 Å². The topological polar surface area (TPSA) is 55.7 Å². The molecule has 3 atom stereocenters. The summed E-state index contributed by atoms with van der Waals surface area (Å²) in [5.41, 5.74) is 0. The Morgan fingerprint density at radius 2 is 2.40 bits per heavy atom. The van der Waals surface area contributed by atoms with Gasteiger partial charge in [-0.2, -0.15) is 0 Å². The summed E-state index contributed by atoms with van der Waals surface area (Å²) in [6, 6.07) is -0.0734. The monoisotopic (exact) mass is 209 g/mol. The Hall–Kier alpha value is -0.995. The van der Waals surface area contributed by atoms with Crippen molar-refractivity contribution in [2.75, 3.05) is 0 Å². The van der Waals surface area contributed by atoms with Gasteiger partial charge in [-0.3, -0.25) is 0 Å². The molecular formula is C10H16BNO3. The Morgan fingerprint density at radius 3 is 2.87 bits per heavy atom. The van der Waals surface area contributed by atoms with Crippen molar-refractivity contribution < 1.29 is 14.2 Å². The minimum atomic E-state index is -0.149. The summed E-state index contributed by atoms with van der Waals surface area (Å²) in [5.74, 6) is -0.113. The van der Waals surface area contributed by atoms with E-state index in [9.17, 15) is 9.50 Å². The molecule has 1 heterocycles. The molecule has 5 heteroatoms. The number of rotatable bonds is 5. The van der Waals surface area contributed by atoms with Crippen LogP contribution in [0.5, 0.6) is 0 Å². The van der Waals surface area contributed by atoms with Gasteiger partial charge in [-0.05, 0) is 0 Å². The number of hydrogen-bond donors (Lipinski definition) is 0. The molecule has 1 rings (SSSR count). The summed E-state index contributed by atoms with van der Waals surface area (Å²) in [7, 11) is 0.650. The van der Waals surface area contributed by atoms with Crippen molar-refractivity contribution in [3.8, 4) is 0 Å². The van der Waals surface area contributed by atoms with Crippen LogP contribution in [0.4, 0.5) is 0 Å². The summed E-state index contributed by atoms with van der Waals surface area (Å²) in [6.07, 6.45) is 3.40. The van der Waals surface area contributed by atoms with E-state index in [-0.39, 0.29) is 24.0 Å². The molecule has 0 N–H and O–H groups in total. The Labute approximate surface area is 90.4 Å². The molecule has 15 heavy (non-hydrogen) atoms. The first-order valence-electron chi connectivity index (χ1n) is 5.40. The zero-order valence-electron chi connectivity index (χ0n) is 9.18. The number of carbonyl (C=O) groups excluding carboxylic acids is 1. The molecule has 0 radical (unpaired) electrons. The summed E-state index contributed by atoms with van der Waals surface area (Å²) in [5, 5.41) is 0. The van der Waals surface area contributed by atoms with E-state index in [0.717, 1.165) is 19.3 Å². The van der Waals surface area contributed by atoms with Crippen LogP contribution in [-0.4, -0.2) is 31.4 Å². The first-order valence-corrected chi connectivity index (χ1v) is 5.40. The van der Waals surface area contributed by atoms with Crippen molar-refractivity contribution in [2.24, 2.45) is 10.9 Å². The molecular weight excluding hydrogens is 193 g/mol. The van der Waals surface area contributed by atoms with Gasteiger partial charge in [0.1, 0.15) is 0 Å². The number of carbonyl (C=O) groups is 1. The van der Waals surface area contributed by atoms with Crippen molar-refractivity contribution in [3.63, 3.8) is 0 Å². The molecule has 3 unspecified atom stereocenters. The second kappa shape index (κ2) is 5.78. The molecule has 0 aromatic heterocycles. The van der Waals surface area contributed by atoms with Gasteiger partial charge in [-0.15, -0.1) is 0 Å². The molecule has 1 aliphatic heterocycles. The van der Waals surface area contributed by atoms with Gasteiger partial charge in [0.05, 0.1) is 0 Å². The van der Waals surface area contributed by atoms with E-state index in [1.807, 2.05) is 13.8 Å². The molecule has 0 aromatic carbocycles. The maximum absolute atomic E-state index is 11.4. The summed E-state index contributed by atoms with van der Waals surface area (Å²) in [4.78, 5) is 15.4. The first-order chi connectivity index (χ1) is 7.22. The summed E-state index contributed by atoms with van der Waals surface area (Å²) >= 11 is 0. The molecule has 0 bridgehead atoms. The molecule has 1 aliphatic rings. The third-order valence-electron chi connectivity index (χ3n) is 2.80. The fraction of sp³-hybridized carbons (Fsp3) is 0.800. The van der Waals surface area contributed by atoms with Crippen LogP contribution in [0.15, 0.2) is 4.99 Å². The molecule has 82 valence electrons. The van der Waals surface area contributed by atoms with Crippen LogP contribution >= 0.6 is 0 Å². The van der Waals surface area contributed by atoms with Crippen LogP contribution in [0.1, 0.15) is 33.1 Å². The van der Waals surface area contributed by atoms with Gasteiger partial charge in [0, 0.05) is 0 Å². The van der Waals surface area contributed by atoms with Gasteiger partial charge in [0.15, 0.2) is 0 Å². The number of ether oxygens (including phenoxy) is 1. The third-order valence-corrected chi connectivity index (χ3v) is 2.80. The van der Waals surface area contributed by atoms with Crippen LogP contribution < -0.4 is 0 Å². The molecule has 0 spiro atoms. The Morgan fingerprint density at radius 1 is 1.67 bits per heavy atom. The van der Waals surface area contributed by atoms with Crippen LogP contribution in [0.25, 0.3) is 0 Å². The minimum absolute atomic E-state index is 0.00970. The number of cyclic esters (lactones) is 1. The molecule has 0 saturated carbocycles. The normalized spacial score (nSPS) is 27.7.